The van der Waals surface area contributed by atoms with Crippen LogP contribution in [0.15, 0.2) is 0 Å². The Balaban J connectivity index is 2.89. The van der Waals surface area contributed by atoms with Gasteiger partial charge >= 0.3 is 0 Å². The summed E-state index contributed by atoms with van der Waals surface area (Å²) in [6, 6.07) is 0. The molecule has 6 nitrogen and oxygen atoms in total. The summed E-state index contributed by atoms with van der Waals surface area (Å²) in [7, 11) is 0. The molecule has 0 saturated heterocycles. The molecule has 0 aliphatic rings. The molecule has 0 aliphatic heterocycles. The van der Waals surface area contributed by atoms with Crippen molar-refractivity contribution in [2.75, 3.05) is 6.54 Å². The van der Waals surface area contributed by atoms with Crippen LogP contribution in [-0.4, -0.2) is 32.6 Å². The first-order valence-corrected chi connectivity index (χ1v) is 6.40. The van der Waals surface area contributed by atoms with Crippen LogP contribution in [0.2, 0.25) is 0 Å². The zero-order chi connectivity index (χ0) is 13.8. The van der Waals surface area contributed by atoms with Gasteiger partial charge in [-0.05, 0) is 6.42 Å². The molecule has 2 N–H and O–H groups in total. The van der Waals surface area contributed by atoms with Gasteiger partial charge < -0.3 is 10.4 Å². The van der Waals surface area contributed by atoms with E-state index in [0.29, 0.717) is 6.54 Å². The van der Waals surface area contributed by atoms with Gasteiger partial charge in [-0.1, -0.05) is 46.9 Å². The molecule has 0 saturated carbocycles. The van der Waals surface area contributed by atoms with Crippen LogP contribution in [0.25, 0.3) is 0 Å². The molecule has 0 aromatic carbocycles. The van der Waals surface area contributed by atoms with Crippen LogP contribution in [0.4, 0.5) is 0 Å². The highest BCUT2D eigenvalue weighted by atomic mass is 35.6. The summed E-state index contributed by atoms with van der Waals surface area (Å²) in [5.74, 6) is -0.262. The van der Waals surface area contributed by atoms with Crippen molar-refractivity contribution in [2.24, 2.45) is 0 Å². The molecule has 9 heteroatoms. The van der Waals surface area contributed by atoms with Gasteiger partial charge in [0.2, 0.25) is 9.70 Å². The summed E-state index contributed by atoms with van der Waals surface area (Å²) < 4.78 is -0.629. The van der Waals surface area contributed by atoms with Crippen LogP contribution >= 0.6 is 34.8 Å². The highest BCUT2D eigenvalue weighted by Crippen LogP contribution is 2.39. The average Bonchev–Trinajstić information content (AvgIpc) is 2.68. The van der Waals surface area contributed by atoms with Crippen molar-refractivity contribution in [3.63, 3.8) is 0 Å². The average molecular weight is 316 g/mol. The molecule has 1 heterocycles. The Labute approximate surface area is 119 Å². The van der Waals surface area contributed by atoms with Crippen molar-refractivity contribution < 1.29 is 9.90 Å². The van der Waals surface area contributed by atoms with E-state index < -0.39 is 10.4 Å². The topological polar surface area (TPSA) is 80.0 Å². The van der Waals surface area contributed by atoms with Gasteiger partial charge in [-0.2, -0.15) is 0 Å². The Morgan fingerprint density at radius 3 is 2.67 bits per heavy atom. The molecule has 0 spiro atoms. The molecule has 1 aromatic heterocycles. The van der Waals surface area contributed by atoms with Crippen molar-refractivity contribution >= 4 is 40.7 Å². The van der Waals surface area contributed by atoms with Crippen LogP contribution in [0.1, 0.15) is 24.7 Å². The maximum Gasteiger partial charge on any atom is 0.241 e. The van der Waals surface area contributed by atoms with Gasteiger partial charge in [-0.15, -0.1) is 5.10 Å². The third kappa shape index (κ3) is 3.98. The van der Waals surface area contributed by atoms with Gasteiger partial charge in [0.1, 0.15) is 17.9 Å². The van der Waals surface area contributed by atoms with Crippen molar-refractivity contribution in [2.45, 2.75) is 30.3 Å². The van der Waals surface area contributed by atoms with Crippen molar-refractivity contribution in [3.05, 3.63) is 11.4 Å². The number of aliphatic hydroxyl groups excluding tert-OH is 1. The van der Waals surface area contributed by atoms with E-state index in [-0.39, 0.29) is 23.8 Å². The number of aromatic nitrogens is 3. The highest BCUT2D eigenvalue weighted by molar-refractivity contribution is 6.66. The smallest absolute Gasteiger partial charge is 0.241 e. The quantitative estimate of drug-likeness (QED) is 0.798. The summed E-state index contributed by atoms with van der Waals surface area (Å²) in [6.45, 7) is 1.96. The number of aliphatic hydroxyl groups is 1. The van der Waals surface area contributed by atoms with Crippen LogP contribution in [0.3, 0.4) is 0 Å². The van der Waals surface area contributed by atoms with Gasteiger partial charge in [0.25, 0.3) is 0 Å². The number of hydrogen-bond acceptors (Lipinski definition) is 4. The monoisotopic (exact) mass is 314 g/mol. The first-order chi connectivity index (χ1) is 8.40. The number of carbonyl (C=O) groups excluding carboxylic acids is 1. The Kier molecular flexibility index (Phi) is 5.65. The second kappa shape index (κ2) is 6.56. The van der Waals surface area contributed by atoms with E-state index in [4.69, 9.17) is 39.9 Å². The molecule has 1 rings (SSSR count). The van der Waals surface area contributed by atoms with Crippen LogP contribution < -0.4 is 5.32 Å². The Morgan fingerprint density at radius 2 is 2.17 bits per heavy atom. The molecule has 0 unspecified atom stereocenters. The van der Waals surface area contributed by atoms with Gasteiger partial charge in [0, 0.05) is 6.54 Å². The first-order valence-electron chi connectivity index (χ1n) is 5.27. The van der Waals surface area contributed by atoms with Gasteiger partial charge in [0.15, 0.2) is 0 Å². The maximum absolute atomic E-state index is 11.6. The Bertz CT molecular complexity index is 416. The van der Waals surface area contributed by atoms with E-state index in [0.717, 1.165) is 6.42 Å². The molecular formula is C9H13Cl3N4O2. The fourth-order valence-electron chi connectivity index (χ4n) is 1.33. The molecular weight excluding hydrogens is 302 g/mol. The lowest BCUT2D eigenvalue weighted by molar-refractivity contribution is -0.121. The molecule has 102 valence electrons. The largest absolute Gasteiger partial charge is 0.390 e. The minimum absolute atomic E-state index is 0.0987. The second-order valence-electron chi connectivity index (χ2n) is 3.55. The number of halogens is 3. The number of rotatable bonds is 5. The lowest BCUT2D eigenvalue weighted by Gasteiger charge is -2.14. The van der Waals surface area contributed by atoms with Crippen molar-refractivity contribution in [1.29, 1.82) is 0 Å². The SMILES string of the molecule is CCCNC(=O)Cn1nnc(CO)c1C(Cl)(Cl)Cl. The molecule has 0 atom stereocenters. The minimum atomic E-state index is -1.80. The Morgan fingerprint density at radius 1 is 1.50 bits per heavy atom. The highest BCUT2D eigenvalue weighted by Gasteiger charge is 2.32. The van der Waals surface area contributed by atoms with Gasteiger partial charge in [-0.3, -0.25) is 4.79 Å². The van der Waals surface area contributed by atoms with Crippen molar-refractivity contribution in [3.8, 4) is 0 Å². The summed E-state index contributed by atoms with van der Waals surface area (Å²) in [4.78, 5) is 11.6. The van der Waals surface area contributed by atoms with Crippen LogP contribution in [0, 0.1) is 0 Å². The number of nitrogens with zero attached hydrogens (tertiary/aromatic N) is 3. The zero-order valence-electron chi connectivity index (χ0n) is 9.66. The zero-order valence-corrected chi connectivity index (χ0v) is 11.9. The lowest BCUT2D eigenvalue weighted by atomic mass is 10.3. The normalized spacial score (nSPS) is 11.6. The van der Waals surface area contributed by atoms with E-state index >= 15 is 0 Å². The second-order valence-corrected chi connectivity index (χ2v) is 5.83. The number of alkyl halides is 3. The van der Waals surface area contributed by atoms with Crippen molar-refractivity contribution in [1.82, 2.24) is 20.3 Å². The van der Waals surface area contributed by atoms with E-state index in [9.17, 15) is 4.79 Å². The fourth-order valence-corrected chi connectivity index (χ4v) is 1.95. The lowest BCUT2D eigenvalue weighted by Crippen LogP contribution is -2.30. The number of carbonyl (C=O) groups is 1. The summed E-state index contributed by atoms with van der Waals surface area (Å²) in [6.07, 6.45) is 0.822. The van der Waals surface area contributed by atoms with E-state index in [1.165, 1.54) is 4.68 Å². The Hall–Kier alpha value is -0.560. The predicted molar refractivity (Wildman–Crippen MR) is 68.5 cm³/mol. The predicted octanol–water partition coefficient (Wildman–Crippen LogP) is 1.12. The number of amides is 1. The molecule has 18 heavy (non-hydrogen) atoms. The summed E-state index contributed by atoms with van der Waals surface area (Å²) in [5, 5.41) is 19.1. The molecule has 0 fully saturated rings. The van der Waals surface area contributed by atoms with Crippen LogP contribution in [-0.2, 0) is 21.7 Å². The molecule has 0 aliphatic carbocycles. The first kappa shape index (κ1) is 15.5. The number of nitrogens with one attached hydrogen (secondary N) is 1. The molecule has 1 amide bonds. The van der Waals surface area contributed by atoms with Gasteiger partial charge in [0.05, 0.1) is 6.61 Å². The third-order valence-electron chi connectivity index (χ3n) is 2.09. The molecule has 0 radical (unpaired) electrons. The summed E-state index contributed by atoms with van der Waals surface area (Å²) >= 11 is 17.3. The van der Waals surface area contributed by atoms with E-state index in [2.05, 4.69) is 15.6 Å². The minimum Gasteiger partial charge on any atom is -0.390 e. The van der Waals surface area contributed by atoms with E-state index in [1.54, 1.807) is 0 Å². The fraction of sp³-hybridized carbons (Fsp3) is 0.667. The third-order valence-corrected chi connectivity index (χ3v) is 2.63. The van der Waals surface area contributed by atoms with E-state index in [1.807, 2.05) is 6.92 Å². The molecule has 1 aromatic rings. The standard InChI is InChI=1S/C9H13Cl3N4O2/c1-2-3-13-7(18)4-16-8(9(10,11)12)6(5-17)14-15-16/h17H,2-5H2,1H3,(H,13,18). The number of hydrogen-bond donors (Lipinski definition) is 2. The van der Waals surface area contributed by atoms with Gasteiger partial charge in [-0.25, -0.2) is 4.68 Å². The summed E-state index contributed by atoms with van der Waals surface area (Å²) in [5.41, 5.74) is 0.236. The van der Waals surface area contributed by atoms with Crippen LogP contribution in [0.5, 0.6) is 0 Å². The maximum atomic E-state index is 11.6. The molecule has 0 bridgehead atoms.